The van der Waals surface area contributed by atoms with Crippen molar-refractivity contribution in [1.82, 2.24) is 4.90 Å². The Hall–Kier alpha value is -1.35. The number of amides is 1. The average molecular weight is 258 g/mol. The number of benzene rings is 1. The van der Waals surface area contributed by atoms with Gasteiger partial charge >= 0.3 is 0 Å². The molecule has 1 atom stereocenters. The third-order valence-electron chi connectivity index (χ3n) is 4.51. The maximum absolute atomic E-state index is 12.6. The van der Waals surface area contributed by atoms with E-state index in [0.29, 0.717) is 6.54 Å². The van der Waals surface area contributed by atoms with E-state index in [9.17, 15) is 4.79 Å². The molecule has 0 aromatic heterocycles. The van der Waals surface area contributed by atoms with Crippen LogP contribution in [0.3, 0.4) is 0 Å². The summed E-state index contributed by atoms with van der Waals surface area (Å²) in [4.78, 5) is 14.5. The highest BCUT2D eigenvalue weighted by Gasteiger charge is 2.28. The number of hydrogen-bond donors (Lipinski definition) is 1. The van der Waals surface area contributed by atoms with Crippen LogP contribution in [0.4, 0.5) is 0 Å². The number of nitrogens with two attached hydrogens (primary N) is 1. The monoisotopic (exact) mass is 258 g/mol. The van der Waals surface area contributed by atoms with Crippen molar-refractivity contribution >= 4 is 5.91 Å². The Bertz CT molecular complexity index is 484. The molecule has 0 spiro atoms. The maximum atomic E-state index is 12.6. The first-order chi connectivity index (χ1) is 9.29. The number of carbonyl (C=O) groups excluding carboxylic acids is 1. The van der Waals surface area contributed by atoms with Crippen LogP contribution in [-0.2, 0) is 12.8 Å². The van der Waals surface area contributed by atoms with E-state index in [1.807, 2.05) is 11.0 Å². The van der Waals surface area contributed by atoms with Crippen molar-refractivity contribution in [2.45, 2.75) is 44.6 Å². The summed E-state index contributed by atoms with van der Waals surface area (Å²) in [5.74, 6) is 0.168. The minimum atomic E-state index is 0.168. The molecular weight excluding hydrogens is 236 g/mol. The highest BCUT2D eigenvalue weighted by Crippen LogP contribution is 2.24. The molecule has 3 heteroatoms. The van der Waals surface area contributed by atoms with Gasteiger partial charge < -0.3 is 10.6 Å². The van der Waals surface area contributed by atoms with Crippen LogP contribution in [0.2, 0.25) is 0 Å². The van der Waals surface area contributed by atoms with E-state index in [2.05, 4.69) is 12.1 Å². The predicted molar refractivity (Wildman–Crippen MR) is 76.2 cm³/mol. The van der Waals surface area contributed by atoms with E-state index in [1.54, 1.807) is 0 Å². The molecule has 1 unspecified atom stereocenters. The molecule has 3 nitrogen and oxygen atoms in total. The summed E-state index contributed by atoms with van der Waals surface area (Å²) in [5, 5.41) is 0. The van der Waals surface area contributed by atoms with Gasteiger partial charge in [-0.15, -0.1) is 0 Å². The lowest BCUT2D eigenvalue weighted by atomic mass is 9.90. The summed E-state index contributed by atoms with van der Waals surface area (Å²) in [6.07, 6.45) is 6.95. The third-order valence-corrected chi connectivity index (χ3v) is 4.51. The van der Waals surface area contributed by atoms with E-state index < -0.39 is 0 Å². The highest BCUT2D eigenvalue weighted by molar-refractivity contribution is 5.95. The Morgan fingerprint density at radius 2 is 2.00 bits per heavy atom. The standard InChI is InChI=1S/C16H22N2O/c17-11-15-6-3-9-18(15)16(19)14-8-7-12-4-1-2-5-13(12)10-14/h7-8,10,15H,1-6,9,11,17H2. The molecule has 1 heterocycles. The summed E-state index contributed by atoms with van der Waals surface area (Å²) in [6.45, 7) is 1.44. The number of fused-ring (bicyclic) bond motifs is 1. The first kappa shape index (κ1) is 12.7. The molecule has 2 aliphatic rings. The number of hydrogen-bond acceptors (Lipinski definition) is 2. The van der Waals surface area contributed by atoms with Gasteiger partial charge in [-0.05, 0) is 61.8 Å². The van der Waals surface area contributed by atoms with Crippen LogP contribution < -0.4 is 5.73 Å². The molecule has 0 saturated carbocycles. The molecule has 1 amide bonds. The van der Waals surface area contributed by atoms with Crippen molar-refractivity contribution in [3.63, 3.8) is 0 Å². The second-order valence-corrected chi connectivity index (χ2v) is 5.72. The zero-order chi connectivity index (χ0) is 13.2. The largest absolute Gasteiger partial charge is 0.334 e. The van der Waals surface area contributed by atoms with E-state index in [4.69, 9.17) is 5.73 Å². The predicted octanol–water partition coefficient (Wildman–Crippen LogP) is 2.13. The van der Waals surface area contributed by atoms with Gasteiger partial charge in [-0.1, -0.05) is 6.07 Å². The van der Waals surface area contributed by atoms with Crippen LogP contribution in [-0.4, -0.2) is 29.9 Å². The van der Waals surface area contributed by atoms with Gasteiger partial charge in [-0.3, -0.25) is 4.79 Å². The van der Waals surface area contributed by atoms with Crippen molar-refractivity contribution in [3.8, 4) is 0 Å². The zero-order valence-corrected chi connectivity index (χ0v) is 11.4. The van der Waals surface area contributed by atoms with Crippen LogP contribution in [0.25, 0.3) is 0 Å². The molecule has 1 aliphatic carbocycles. The number of likely N-dealkylation sites (tertiary alicyclic amines) is 1. The second-order valence-electron chi connectivity index (χ2n) is 5.72. The zero-order valence-electron chi connectivity index (χ0n) is 11.4. The summed E-state index contributed by atoms with van der Waals surface area (Å²) < 4.78 is 0. The molecule has 1 aromatic carbocycles. The minimum absolute atomic E-state index is 0.168. The van der Waals surface area contributed by atoms with Gasteiger partial charge in [-0.25, -0.2) is 0 Å². The van der Waals surface area contributed by atoms with E-state index in [-0.39, 0.29) is 11.9 Å². The lowest BCUT2D eigenvalue weighted by Crippen LogP contribution is -2.39. The van der Waals surface area contributed by atoms with E-state index in [1.165, 1.54) is 30.4 Å². The van der Waals surface area contributed by atoms with Gasteiger partial charge in [0.1, 0.15) is 0 Å². The molecule has 0 bridgehead atoms. The smallest absolute Gasteiger partial charge is 0.254 e. The van der Waals surface area contributed by atoms with Crippen LogP contribution in [0, 0.1) is 0 Å². The van der Waals surface area contributed by atoms with Gasteiger partial charge in [0.05, 0.1) is 0 Å². The van der Waals surface area contributed by atoms with Crippen LogP contribution in [0.1, 0.15) is 47.2 Å². The summed E-state index contributed by atoms with van der Waals surface area (Å²) in [7, 11) is 0. The molecule has 0 radical (unpaired) electrons. The number of carbonyl (C=O) groups is 1. The normalized spacial score (nSPS) is 22.4. The van der Waals surface area contributed by atoms with Gasteiger partial charge in [0, 0.05) is 24.7 Å². The Labute approximate surface area is 114 Å². The lowest BCUT2D eigenvalue weighted by molar-refractivity contribution is 0.0741. The molecule has 1 aliphatic heterocycles. The molecule has 2 N–H and O–H groups in total. The minimum Gasteiger partial charge on any atom is -0.334 e. The highest BCUT2D eigenvalue weighted by atomic mass is 16.2. The Kier molecular flexibility index (Phi) is 3.56. The van der Waals surface area contributed by atoms with Crippen molar-refractivity contribution in [1.29, 1.82) is 0 Å². The van der Waals surface area contributed by atoms with Crippen molar-refractivity contribution in [3.05, 3.63) is 34.9 Å². The Balaban J connectivity index is 1.83. The van der Waals surface area contributed by atoms with E-state index in [0.717, 1.165) is 31.4 Å². The fraction of sp³-hybridized carbons (Fsp3) is 0.562. The molecule has 19 heavy (non-hydrogen) atoms. The molecule has 102 valence electrons. The second kappa shape index (κ2) is 5.33. The number of aryl methyl sites for hydroxylation is 2. The van der Waals surface area contributed by atoms with Gasteiger partial charge in [0.15, 0.2) is 0 Å². The third kappa shape index (κ3) is 2.39. The molecule has 1 saturated heterocycles. The quantitative estimate of drug-likeness (QED) is 0.883. The number of rotatable bonds is 2. The van der Waals surface area contributed by atoms with Gasteiger partial charge in [0.25, 0.3) is 5.91 Å². The van der Waals surface area contributed by atoms with Crippen molar-refractivity contribution in [2.24, 2.45) is 5.73 Å². The number of nitrogens with zero attached hydrogens (tertiary/aromatic N) is 1. The lowest BCUT2D eigenvalue weighted by Gasteiger charge is -2.24. The molecule has 1 aromatic rings. The topological polar surface area (TPSA) is 46.3 Å². The van der Waals surface area contributed by atoms with Crippen molar-refractivity contribution in [2.75, 3.05) is 13.1 Å². The SMILES string of the molecule is NCC1CCCN1C(=O)c1ccc2c(c1)CCCC2. The summed E-state index contributed by atoms with van der Waals surface area (Å²) >= 11 is 0. The molecular formula is C16H22N2O. The summed E-state index contributed by atoms with van der Waals surface area (Å²) in [6, 6.07) is 6.50. The molecule has 3 rings (SSSR count). The molecule has 1 fully saturated rings. The fourth-order valence-corrected chi connectivity index (χ4v) is 3.38. The van der Waals surface area contributed by atoms with Crippen LogP contribution in [0.15, 0.2) is 18.2 Å². The van der Waals surface area contributed by atoms with Gasteiger partial charge in [0.2, 0.25) is 0 Å². The Morgan fingerprint density at radius 1 is 1.21 bits per heavy atom. The first-order valence-electron chi connectivity index (χ1n) is 7.42. The van der Waals surface area contributed by atoms with E-state index >= 15 is 0 Å². The van der Waals surface area contributed by atoms with Crippen LogP contribution in [0.5, 0.6) is 0 Å². The maximum Gasteiger partial charge on any atom is 0.254 e. The van der Waals surface area contributed by atoms with Crippen molar-refractivity contribution < 1.29 is 4.79 Å². The first-order valence-corrected chi connectivity index (χ1v) is 7.42. The summed E-state index contributed by atoms with van der Waals surface area (Å²) in [5.41, 5.74) is 9.41. The average Bonchev–Trinajstić information content (AvgIpc) is 2.94. The Morgan fingerprint density at radius 3 is 2.79 bits per heavy atom. The fourth-order valence-electron chi connectivity index (χ4n) is 3.38. The van der Waals surface area contributed by atoms with Gasteiger partial charge in [-0.2, -0.15) is 0 Å². The van der Waals surface area contributed by atoms with Crippen LogP contribution >= 0.6 is 0 Å².